The van der Waals surface area contributed by atoms with E-state index in [0.29, 0.717) is 11.3 Å². The van der Waals surface area contributed by atoms with Crippen molar-refractivity contribution < 1.29 is 31.3 Å². The average Bonchev–Trinajstić information content (AvgIpc) is 3.50. The summed E-state index contributed by atoms with van der Waals surface area (Å²) < 4.78 is 11.1. The van der Waals surface area contributed by atoms with Crippen molar-refractivity contribution in [3.8, 4) is 11.5 Å². The minimum absolute atomic E-state index is 0. The molecule has 3 aromatic carbocycles. The van der Waals surface area contributed by atoms with E-state index in [4.69, 9.17) is 9.47 Å². The van der Waals surface area contributed by atoms with E-state index in [-0.39, 0.29) is 23.0 Å². The van der Waals surface area contributed by atoms with Crippen LogP contribution in [0.3, 0.4) is 0 Å². The molecule has 0 amide bonds. The van der Waals surface area contributed by atoms with Crippen LogP contribution in [0.1, 0.15) is 68.6 Å². The number of rotatable bonds is 12. The molecule has 0 aliphatic heterocycles. The minimum atomic E-state index is -0.336. The van der Waals surface area contributed by atoms with E-state index in [0.717, 1.165) is 18.8 Å². The van der Waals surface area contributed by atoms with E-state index in [1.165, 1.54) is 44.9 Å². The van der Waals surface area contributed by atoms with Crippen molar-refractivity contribution in [1.82, 2.24) is 0 Å². The van der Waals surface area contributed by atoms with Gasteiger partial charge in [-0.2, -0.15) is 12.1 Å². The van der Waals surface area contributed by atoms with Crippen LogP contribution >= 0.6 is 0 Å². The van der Waals surface area contributed by atoms with Gasteiger partial charge in [-0.3, -0.25) is 4.79 Å². The van der Waals surface area contributed by atoms with Crippen molar-refractivity contribution in [3.05, 3.63) is 84.4 Å². The molecular formula is C27H34FeO3-6. The Morgan fingerprint density at radius 2 is 1.26 bits per heavy atom. The Balaban J connectivity index is 0.000000701. The molecule has 3 rings (SSSR count). The maximum absolute atomic E-state index is 11.9. The zero-order valence-corrected chi connectivity index (χ0v) is 19.6. The summed E-state index contributed by atoms with van der Waals surface area (Å²) in [6.45, 7) is 2.98. The van der Waals surface area contributed by atoms with Gasteiger partial charge < -0.3 is 39.8 Å². The van der Waals surface area contributed by atoms with Crippen LogP contribution in [-0.4, -0.2) is 12.6 Å². The Morgan fingerprint density at radius 1 is 0.774 bits per heavy atom. The first kappa shape index (κ1) is 26.7. The summed E-state index contributed by atoms with van der Waals surface area (Å²) in [5.74, 6) is 1.01. The van der Waals surface area contributed by atoms with Gasteiger partial charge in [-0.25, -0.2) is 12.1 Å². The summed E-state index contributed by atoms with van der Waals surface area (Å²) >= 11 is 0. The van der Waals surface area contributed by atoms with Crippen molar-refractivity contribution in [3.63, 3.8) is 0 Å². The van der Waals surface area contributed by atoms with Gasteiger partial charge >= 0.3 is 0 Å². The number of carbonyl (C=O) groups excluding carboxylic acids is 1. The van der Waals surface area contributed by atoms with Crippen LogP contribution in [0.5, 0.6) is 11.5 Å². The molecule has 0 aliphatic rings. The Kier molecular flexibility index (Phi) is 15.0. The second-order valence-electron chi connectivity index (χ2n) is 7.32. The van der Waals surface area contributed by atoms with Gasteiger partial charge in [-0.05, 0) is 30.7 Å². The topological polar surface area (TPSA) is 35.5 Å². The molecule has 0 aromatic heterocycles. The molecule has 3 aromatic rings. The Labute approximate surface area is 198 Å². The number of carbonyl (C=O) groups is 1. The number of hydrogen-bond acceptors (Lipinski definition) is 3. The summed E-state index contributed by atoms with van der Waals surface area (Å²) in [5.41, 5.74) is 0.565. The third kappa shape index (κ3) is 12.2. The van der Waals surface area contributed by atoms with Gasteiger partial charge in [0.25, 0.3) is 5.97 Å². The number of esters is 1. The largest absolute Gasteiger partial charge is 0.748 e. The smallest absolute Gasteiger partial charge is 0.286 e. The van der Waals surface area contributed by atoms with Crippen LogP contribution in [-0.2, 0) is 17.1 Å². The quantitative estimate of drug-likeness (QED) is 0.0917. The van der Waals surface area contributed by atoms with E-state index >= 15 is 0 Å². The third-order valence-electron chi connectivity index (χ3n) is 4.75. The predicted octanol–water partition coefficient (Wildman–Crippen LogP) is 7.55. The fourth-order valence-corrected chi connectivity index (χ4v) is 3.03. The van der Waals surface area contributed by atoms with Crippen molar-refractivity contribution in [2.45, 2.75) is 58.3 Å². The van der Waals surface area contributed by atoms with E-state index in [9.17, 15) is 4.79 Å². The predicted molar refractivity (Wildman–Crippen MR) is 124 cm³/mol. The van der Waals surface area contributed by atoms with E-state index in [1.807, 2.05) is 54.6 Å². The fourth-order valence-electron chi connectivity index (χ4n) is 3.03. The number of benzene rings is 1. The Hall–Kier alpha value is -2.29. The molecule has 31 heavy (non-hydrogen) atoms. The third-order valence-corrected chi connectivity index (χ3v) is 4.75. The number of hydrogen-bond donors (Lipinski definition) is 0. The molecule has 3 nitrogen and oxygen atoms in total. The zero-order chi connectivity index (χ0) is 21.3. The minimum Gasteiger partial charge on any atom is -0.748 e. The summed E-state index contributed by atoms with van der Waals surface area (Å²) in [5, 5.41) is 0. The van der Waals surface area contributed by atoms with Gasteiger partial charge in [-0.15, -0.1) is 0 Å². The second-order valence-corrected chi connectivity index (χ2v) is 7.32. The number of unbranched alkanes of at least 4 members (excludes halogenated alkanes) is 7. The van der Waals surface area contributed by atoms with Crippen LogP contribution in [0, 0.1) is 0 Å². The van der Waals surface area contributed by atoms with Crippen LogP contribution in [0.15, 0.2) is 78.9 Å². The monoisotopic (exact) mass is 462 g/mol. The maximum atomic E-state index is 11.9. The molecular weight excluding hydrogens is 428 g/mol. The molecule has 0 spiro atoms. The average molecular weight is 462 g/mol. The van der Waals surface area contributed by atoms with Crippen molar-refractivity contribution in [2.24, 2.45) is 0 Å². The molecule has 0 radical (unpaired) electrons. The molecule has 0 unspecified atom stereocenters. The summed E-state index contributed by atoms with van der Waals surface area (Å²) in [4.78, 5) is 11.9. The Bertz CT molecular complexity index is 744. The molecule has 4 heteroatoms. The fraction of sp³-hybridized carbons (Fsp3) is 0.370. The second kappa shape index (κ2) is 17.4. The summed E-state index contributed by atoms with van der Waals surface area (Å²) in [6, 6.07) is 24.3. The van der Waals surface area contributed by atoms with E-state index < -0.39 is 0 Å². The summed E-state index contributed by atoms with van der Waals surface area (Å²) in [7, 11) is 0. The normalized spacial score (nSPS) is 9.84. The SMILES string of the molecule is CCCCCCCCCCOc1ccc(OC(=O)[c-]2cccc2)cc1.[Fe].[cH-]1[cH-][cH-][cH-][cH-]1. The molecule has 0 saturated carbocycles. The van der Waals surface area contributed by atoms with Gasteiger partial charge in [0.1, 0.15) is 11.5 Å². The van der Waals surface area contributed by atoms with Gasteiger partial charge in [0, 0.05) is 17.1 Å². The molecule has 0 aliphatic carbocycles. The van der Waals surface area contributed by atoms with Crippen molar-refractivity contribution in [1.29, 1.82) is 0 Å². The number of ether oxygens (including phenoxy) is 2. The molecule has 0 heterocycles. The van der Waals surface area contributed by atoms with Gasteiger partial charge in [0.05, 0.1) is 6.61 Å². The van der Waals surface area contributed by atoms with E-state index in [1.54, 1.807) is 24.3 Å². The van der Waals surface area contributed by atoms with Crippen LogP contribution < -0.4 is 9.47 Å². The standard InChI is InChI=1S/C22H29O3.C5H5.Fe/c1-2-3-4-5-6-7-8-11-18-24-20-14-16-21(17-15-20)25-22(23)19-12-9-10-13-19;1-2-4-5-3-1;/h9-10,12-17H,2-8,11,18H2,1H3;1-5H;/q-1;-5;. The van der Waals surface area contributed by atoms with Gasteiger partial charge in [0.2, 0.25) is 0 Å². The van der Waals surface area contributed by atoms with Crippen LogP contribution in [0.2, 0.25) is 0 Å². The molecule has 0 fully saturated rings. The van der Waals surface area contributed by atoms with Gasteiger partial charge in [0.15, 0.2) is 0 Å². The summed E-state index contributed by atoms with van der Waals surface area (Å²) in [6.07, 6.45) is 10.3. The first-order chi connectivity index (χ1) is 14.8. The van der Waals surface area contributed by atoms with Crippen LogP contribution in [0.25, 0.3) is 0 Å². The van der Waals surface area contributed by atoms with Crippen molar-refractivity contribution >= 4 is 5.97 Å². The van der Waals surface area contributed by atoms with Crippen LogP contribution in [0.4, 0.5) is 0 Å². The van der Waals surface area contributed by atoms with Crippen molar-refractivity contribution in [2.75, 3.05) is 6.61 Å². The molecule has 0 N–H and O–H groups in total. The Morgan fingerprint density at radius 3 is 1.81 bits per heavy atom. The zero-order valence-electron chi connectivity index (χ0n) is 18.4. The molecule has 0 saturated heterocycles. The first-order valence-corrected chi connectivity index (χ1v) is 11.1. The van der Waals surface area contributed by atoms with Gasteiger partial charge in [-0.1, -0.05) is 57.4 Å². The molecule has 0 atom stereocenters. The molecule has 174 valence electrons. The maximum Gasteiger partial charge on any atom is 0.286 e. The first-order valence-electron chi connectivity index (χ1n) is 11.1. The molecule has 0 bridgehead atoms. The van der Waals surface area contributed by atoms with E-state index in [2.05, 4.69) is 6.92 Å².